The van der Waals surface area contributed by atoms with Crippen molar-refractivity contribution in [3.8, 4) is 5.75 Å². The van der Waals surface area contributed by atoms with Crippen LogP contribution in [0, 0.1) is 0 Å². The summed E-state index contributed by atoms with van der Waals surface area (Å²) in [4.78, 5) is 50.9. The lowest BCUT2D eigenvalue weighted by molar-refractivity contribution is -0.154. The van der Waals surface area contributed by atoms with Gasteiger partial charge in [-0.15, -0.1) is 0 Å². The maximum atomic E-state index is 12.1. The number of amides is 3. The number of carbonyl (C=O) groups is 4. The Kier molecular flexibility index (Phi) is 7.36. The molecule has 0 spiro atoms. The van der Waals surface area contributed by atoms with E-state index in [-0.39, 0.29) is 18.9 Å². The number of likely N-dealkylation sites (N-methyl/N-ethyl adjacent to an activating group) is 2. The van der Waals surface area contributed by atoms with E-state index < -0.39 is 30.5 Å². The number of anilines is 1. The minimum Gasteiger partial charge on any atom is -0.478 e. The second-order valence-corrected chi connectivity index (χ2v) is 6.27. The summed E-state index contributed by atoms with van der Waals surface area (Å²) in [5, 5.41) is 2.65. The molecular formula is C19H25N3O6. The van der Waals surface area contributed by atoms with E-state index in [0.29, 0.717) is 24.5 Å². The first-order chi connectivity index (χ1) is 13.3. The van der Waals surface area contributed by atoms with Crippen molar-refractivity contribution in [2.45, 2.75) is 26.4 Å². The molecule has 0 fully saturated rings. The Morgan fingerprint density at radius 3 is 2.50 bits per heavy atom. The Balaban J connectivity index is 1.80. The van der Waals surface area contributed by atoms with Crippen molar-refractivity contribution in [3.63, 3.8) is 0 Å². The van der Waals surface area contributed by atoms with Crippen molar-refractivity contribution >= 4 is 29.4 Å². The molecule has 1 heterocycles. The molecule has 28 heavy (non-hydrogen) atoms. The molecule has 0 saturated carbocycles. The largest absolute Gasteiger partial charge is 0.478 e. The molecule has 152 valence electrons. The fourth-order valence-corrected chi connectivity index (χ4v) is 2.66. The molecule has 0 bridgehead atoms. The number of benzene rings is 1. The van der Waals surface area contributed by atoms with Crippen LogP contribution in [0.1, 0.15) is 20.3 Å². The molecular weight excluding hydrogens is 366 g/mol. The molecule has 2 rings (SSSR count). The molecule has 1 aromatic rings. The van der Waals surface area contributed by atoms with Gasteiger partial charge in [-0.3, -0.25) is 19.2 Å². The standard InChI is InChI=1S/C19H25N3O6/c1-4-22(5-2)16(23)11-21(3)17(24)12-27-18(25)10-15-19(26)20-13-8-6-7-9-14(13)28-15/h6-9,15H,4-5,10-12H2,1-3H3,(H,20,26)/t15-/m1/s1. The lowest BCUT2D eigenvalue weighted by Gasteiger charge is -2.25. The third-order valence-corrected chi connectivity index (χ3v) is 4.33. The highest BCUT2D eigenvalue weighted by molar-refractivity contribution is 5.99. The fourth-order valence-electron chi connectivity index (χ4n) is 2.66. The predicted molar refractivity (Wildman–Crippen MR) is 101 cm³/mol. The number of ether oxygens (including phenoxy) is 2. The third-order valence-electron chi connectivity index (χ3n) is 4.33. The second-order valence-electron chi connectivity index (χ2n) is 6.27. The van der Waals surface area contributed by atoms with Gasteiger partial charge < -0.3 is 24.6 Å². The highest BCUT2D eigenvalue weighted by Gasteiger charge is 2.30. The summed E-state index contributed by atoms with van der Waals surface area (Å²) in [5.41, 5.74) is 0.534. The molecule has 9 heteroatoms. The van der Waals surface area contributed by atoms with Gasteiger partial charge >= 0.3 is 5.97 Å². The van der Waals surface area contributed by atoms with E-state index in [9.17, 15) is 19.2 Å². The van der Waals surface area contributed by atoms with Crippen molar-refractivity contribution in [3.05, 3.63) is 24.3 Å². The monoisotopic (exact) mass is 391 g/mol. The van der Waals surface area contributed by atoms with Crippen LogP contribution in [0.2, 0.25) is 0 Å². The molecule has 1 aliphatic heterocycles. The minimum absolute atomic E-state index is 0.0943. The molecule has 0 saturated heterocycles. The minimum atomic E-state index is -1.03. The number of hydrogen-bond acceptors (Lipinski definition) is 6. The number of nitrogens with zero attached hydrogens (tertiary/aromatic N) is 2. The van der Waals surface area contributed by atoms with E-state index in [1.807, 2.05) is 13.8 Å². The SMILES string of the molecule is CCN(CC)C(=O)CN(C)C(=O)COC(=O)C[C@H]1Oc2ccccc2NC1=O. The molecule has 0 aliphatic carbocycles. The number of nitrogens with one attached hydrogen (secondary N) is 1. The first-order valence-corrected chi connectivity index (χ1v) is 9.09. The normalized spacial score (nSPS) is 15.0. The number of para-hydroxylation sites is 2. The second kappa shape index (κ2) is 9.72. The number of rotatable bonds is 8. The van der Waals surface area contributed by atoms with Gasteiger partial charge in [0.15, 0.2) is 12.7 Å². The maximum absolute atomic E-state index is 12.1. The maximum Gasteiger partial charge on any atom is 0.310 e. The van der Waals surface area contributed by atoms with Gasteiger partial charge in [-0.05, 0) is 26.0 Å². The summed E-state index contributed by atoms with van der Waals surface area (Å²) < 4.78 is 10.5. The summed E-state index contributed by atoms with van der Waals surface area (Å²) >= 11 is 0. The molecule has 1 atom stereocenters. The zero-order valence-electron chi connectivity index (χ0n) is 16.3. The molecule has 9 nitrogen and oxygen atoms in total. The van der Waals surface area contributed by atoms with Crippen LogP contribution in [-0.2, 0) is 23.9 Å². The molecule has 1 N–H and O–H groups in total. The van der Waals surface area contributed by atoms with E-state index in [1.165, 1.54) is 11.9 Å². The number of carbonyl (C=O) groups excluding carboxylic acids is 4. The van der Waals surface area contributed by atoms with Crippen LogP contribution >= 0.6 is 0 Å². The van der Waals surface area contributed by atoms with E-state index in [2.05, 4.69) is 5.32 Å². The molecule has 0 unspecified atom stereocenters. The van der Waals surface area contributed by atoms with E-state index >= 15 is 0 Å². The van der Waals surface area contributed by atoms with Crippen LogP contribution in [0.5, 0.6) is 5.75 Å². The van der Waals surface area contributed by atoms with Gasteiger partial charge in [-0.1, -0.05) is 12.1 Å². The van der Waals surface area contributed by atoms with Crippen LogP contribution in [0.4, 0.5) is 5.69 Å². The van der Waals surface area contributed by atoms with Gasteiger partial charge in [0, 0.05) is 20.1 Å². The molecule has 0 aromatic heterocycles. The van der Waals surface area contributed by atoms with Crippen LogP contribution in [0.3, 0.4) is 0 Å². The van der Waals surface area contributed by atoms with Gasteiger partial charge in [0.1, 0.15) is 5.75 Å². The Morgan fingerprint density at radius 2 is 1.82 bits per heavy atom. The summed E-state index contributed by atoms with van der Waals surface area (Å²) in [7, 11) is 1.46. The highest BCUT2D eigenvalue weighted by Crippen LogP contribution is 2.29. The Hall–Kier alpha value is -3.10. The summed E-state index contributed by atoms with van der Waals surface area (Å²) in [6, 6.07) is 6.87. The number of esters is 1. The Bertz CT molecular complexity index is 747. The van der Waals surface area contributed by atoms with Crippen LogP contribution in [0.15, 0.2) is 24.3 Å². The van der Waals surface area contributed by atoms with Crippen LogP contribution < -0.4 is 10.1 Å². The predicted octanol–water partition coefficient (Wildman–Crippen LogP) is 0.646. The Labute approximate surface area is 163 Å². The third kappa shape index (κ3) is 5.45. The van der Waals surface area contributed by atoms with Gasteiger partial charge in [0.2, 0.25) is 5.91 Å². The van der Waals surface area contributed by atoms with Crippen molar-refractivity contribution < 1.29 is 28.7 Å². The van der Waals surface area contributed by atoms with Crippen LogP contribution in [0.25, 0.3) is 0 Å². The fraction of sp³-hybridized carbons (Fsp3) is 0.474. The molecule has 1 aliphatic rings. The summed E-state index contributed by atoms with van der Waals surface area (Å²) in [6.07, 6.45) is -1.35. The zero-order chi connectivity index (χ0) is 20.7. The van der Waals surface area contributed by atoms with Crippen molar-refractivity contribution in [1.29, 1.82) is 0 Å². The van der Waals surface area contributed by atoms with Crippen LogP contribution in [-0.4, -0.2) is 72.9 Å². The van der Waals surface area contributed by atoms with Gasteiger partial charge in [0.05, 0.1) is 18.7 Å². The molecule has 0 radical (unpaired) electrons. The first-order valence-electron chi connectivity index (χ1n) is 9.09. The molecule has 1 aromatic carbocycles. The van der Waals surface area contributed by atoms with Gasteiger partial charge in [-0.25, -0.2) is 0 Å². The topological polar surface area (TPSA) is 105 Å². The molecule has 3 amide bonds. The van der Waals surface area contributed by atoms with Gasteiger partial charge in [0.25, 0.3) is 11.8 Å². The number of hydrogen-bond donors (Lipinski definition) is 1. The lowest BCUT2D eigenvalue weighted by Crippen LogP contribution is -2.42. The average Bonchev–Trinajstić information content (AvgIpc) is 2.67. The van der Waals surface area contributed by atoms with E-state index in [4.69, 9.17) is 9.47 Å². The lowest BCUT2D eigenvalue weighted by atomic mass is 10.1. The summed E-state index contributed by atoms with van der Waals surface area (Å²) in [6.45, 7) is 4.21. The van der Waals surface area contributed by atoms with E-state index in [1.54, 1.807) is 29.2 Å². The zero-order valence-corrected chi connectivity index (χ0v) is 16.3. The highest BCUT2D eigenvalue weighted by atomic mass is 16.5. The summed E-state index contributed by atoms with van der Waals surface area (Å²) in [5.74, 6) is -1.42. The smallest absolute Gasteiger partial charge is 0.310 e. The van der Waals surface area contributed by atoms with Gasteiger partial charge in [-0.2, -0.15) is 0 Å². The van der Waals surface area contributed by atoms with Crippen molar-refractivity contribution in [1.82, 2.24) is 9.80 Å². The Morgan fingerprint density at radius 1 is 1.14 bits per heavy atom. The average molecular weight is 391 g/mol. The van der Waals surface area contributed by atoms with Crippen molar-refractivity contribution in [2.24, 2.45) is 0 Å². The quantitative estimate of drug-likeness (QED) is 0.652. The van der Waals surface area contributed by atoms with E-state index in [0.717, 1.165) is 0 Å². The number of fused-ring (bicyclic) bond motifs is 1. The van der Waals surface area contributed by atoms with Crippen molar-refractivity contribution in [2.75, 3.05) is 38.6 Å². The first kappa shape index (κ1) is 21.2.